The van der Waals surface area contributed by atoms with Crippen molar-refractivity contribution in [3.8, 4) is 0 Å². The second kappa shape index (κ2) is 64.9. The van der Waals surface area contributed by atoms with Crippen LogP contribution < -0.4 is 0 Å². The van der Waals surface area contributed by atoms with Crippen LogP contribution in [0.2, 0.25) is 0 Å². The fourth-order valence-corrected chi connectivity index (χ4v) is 10.1. The van der Waals surface area contributed by atoms with Crippen LogP contribution in [0, 0.1) is 0 Å². The van der Waals surface area contributed by atoms with Crippen molar-refractivity contribution in [3.63, 3.8) is 0 Å². The number of hydrogen-bond donors (Lipinski definition) is 0. The molecular weight excluding hydrogens is 937 g/mol. The van der Waals surface area contributed by atoms with Crippen LogP contribution in [0.15, 0.2) is 48.6 Å². The minimum Gasteiger partial charge on any atom is -0.462 e. The van der Waals surface area contributed by atoms with E-state index in [9.17, 15) is 14.4 Å². The summed E-state index contributed by atoms with van der Waals surface area (Å²) in [6.07, 6.45) is 81.3. The zero-order valence-corrected chi connectivity index (χ0v) is 51.0. The summed E-state index contributed by atoms with van der Waals surface area (Å²) >= 11 is 0. The Labute approximate surface area is 473 Å². The molecule has 0 aliphatic carbocycles. The maximum Gasteiger partial charge on any atom is 0.306 e. The highest BCUT2D eigenvalue weighted by Crippen LogP contribution is 2.18. The van der Waals surface area contributed by atoms with Crippen molar-refractivity contribution in [1.82, 2.24) is 0 Å². The fraction of sp³-hybridized carbons (Fsp3) is 0.843. The van der Waals surface area contributed by atoms with Gasteiger partial charge in [0.2, 0.25) is 0 Å². The van der Waals surface area contributed by atoms with E-state index in [0.29, 0.717) is 19.3 Å². The summed E-state index contributed by atoms with van der Waals surface area (Å²) in [4.78, 5) is 38.3. The van der Waals surface area contributed by atoms with Crippen molar-refractivity contribution in [3.05, 3.63) is 48.6 Å². The van der Waals surface area contributed by atoms with Crippen LogP contribution in [0.25, 0.3) is 0 Å². The van der Waals surface area contributed by atoms with Crippen LogP contribution in [0.4, 0.5) is 0 Å². The van der Waals surface area contributed by atoms with Gasteiger partial charge in [0.25, 0.3) is 0 Å². The van der Waals surface area contributed by atoms with Gasteiger partial charge < -0.3 is 14.2 Å². The van der Waals surface area contributed by atoms with E-state index in [-0.39, 0.29) is 31.1 Å². The Morgan fingerprint density at radius 3 is 0.803 bits per heavy atom. The number of ether oxygens (including phenoxy) is 3. The first-order valence-electron chi connectivity index (χ1n) is 33.6. The molecule has 0 fully saturated rings. The van der Waals surface area contributed by atoms with Crippen LogP contribution in [0.1, 0.15) is 361 Å². The molecule has 0 N–H and O–H groups in total. The summed E-state index contributed by atoms with van der Waals surface area (Å²) < 4.78 is 17.0. The average molecular weight is 1070 g/mol. The molecule has 6 heteroatoms. The number of unbranched alkanes of at least 4 members (excludes halogenated alkanes) is 43. The number of carbonyl (C=O) groups excluding carboxylic acids is 3. The molecule has 0 saturated carbocycles. The van der Waals surface area contributed by atoms with Gasteiger partial charge in [0.1, 0.15) is 13.2 Å². The van der Waals surface area contributed by atoms with Crippen LogP contribution in [-0.2, 0) is 28.6 Å². The van der Waals surface area contributed by atoms with E-state index >= 15 is 0 Å². The topological polar surface area (TPSA) is 78.9 Å². The smallest absolute Gasteiger partial charge is 0.306 e. The first kappa shape index (κ1) is 73.4. The molecule has 1 atom stereocenters. The summed E-state index contributed by atoms with van der Waals surface area (Å²) in [7, 11) is 0. The van der Waals surface area contributed by atoms with Gasteiger partial charge in [0.15, 0.2) is 6.10 Å². The highest BCUT2D eigenvalue weighted by atomic mass is 16.6. The molecule has 0 aromatic carbocycles. The third kappa shape index (κ3) is 62.2. The molecular formula is C70H128O6. The molecule has 444 valence electrons. The summed E-state index contributed by atoms with van der Waals surface area (Å²) in [6, 6.07) is 0. The van der Waals surface area contributed by atoms with E-state index in [1.807, 2.05) is 0 Å². The Balaban J connectivity index is 4.23. The molecule has 6 nitrogen and oxygen atoms in total. The molecule has 0 aromatic rings. The normalized spacial score (nSPS) is 12.3. The Morgan fingerprint density at radius 1 is 0.276 bits per heavy atom. The summed E-state index contributed by atoms with van der Waals surface area (Å²) in [6.45, 7) is 6.58. The first-order valence-corrected chi connectivity index (χ1v) is 33.6. The summed E-state index contributed by atoms with van der Waals surface area (Å²) in [5.74, 6) is -0.855. The number of rotatable bonds is 62. The van der Waals surface area contributed by atoms with Crippen LogP contribution in [0.5, 0.6) is 0 Å². The zero-order valence-electron chi connectivity index (χ0n) is 51.0. The molecule has 0 saturated heterocycles. The molecule has 0 bridgehead atoms. The first-order chi connectivity index (χ1) is 37.5. The summed E-state index contributed by atoms with van der Waals surface area (Å²) in [5, 5.41) is 0. The number of carbonyl (C=O) groups is 3. The molecule has 0 spiro atoms. The highest BCUT2D eigenvalue weighted by Gasteiger charge is 2.19. The standard InChI is InChI=1S/C70H128O6/c1-4-7-10-13-16-19-22-25-27-29-31-33-34-35-36-38-39-41-43-45-48-51-54-57-60-63-69(72)75-66-67(65-74-68(71)62-59-56-53-50-47-24-21-18-15-12-9-6-3)76-70(73)64-61-58-55-52-49-46-44-42-40-37-32-30-28-26-23-20-17-14-11-8-5-2/h8,11,17,20,26,28,32,37,67H,4-7,9-10,12-16,18-19,21-25,27,29-31,33-36,38-66H2,1-3H3/b11-8-,20-17-,28-26-,37-32-. The Bertz CT molecular complexity index is 1310. The van der Waals surface area contributed by atoms with Gasteiger partial charge in [0.05, 0.1) is 0 Å². The van der Waals surface area contributed by atoms with Gasteiger partial charge in [-0.15, -0.1) is 0 Å². The Kier molecular flexibility index (Phi) is 62.6. The van der Waals surface area contributed by atoms with E-state index in [1.165, 1.54) is 231 Å². The van der Waals surface area contributed by atoms with Gasteiger partial charge in [-0.1, -0.05) is 333 Å². The van der Waals surface area contributed by atoms with E-state index in [4.69, 9.17) is 14.2 Å². The largest absolute Gasteiger partial charge is 0.462 e. The van der Waals surface area contributed by atoms with Gasteiger partial charge in [-0.3, -0.25) is 14.4 Å². The molecule has 0 amide bonds. The SMILES string of the molecule is CC/C=C\C/C=C\C/C=C\C/C=C\CCCCCCCCCCC(=O)OC(COC(=O)CCCCCCCCCCCCCC)COC(=O)CCCCCCCCCCCCCCCCCCCCCCCCCCC. The molecule has 1 unspecified atom stereocenters. The molecule has 0 aromatic heterocycles. The van der Waals surface area contributed by atoms with Crippen molar-refractivity contribution in [2.24, 2.45) is 0 Å². The van der Waals surface area contributed by atoms with Gasteiger partial charge in [-0.2, -0.15) is 0 Å². The van der Waals surface area contributed by atoms with E-state index in [0.717, 1.165) is 89.9 Å². The molecule has 0 aliphatic rings. The molecule has 0 heterocycles. The van der Waals surface area contributed by atoms with E-state index < -0.39 is 6.10 Å². The van der Waals surface area contributed by atoms with Gasteiger partial charge >= 0.3 is 17.9 Å². The molecule has 0 radical (unpaired) electrons. The third-order valence-electron chi connectivity index (χ3n) is 15.1. The number of esters is 3. The minimum atomic E-state index is -0.775. The van der Waals surface area contributed by atoms with Crippen molar-refractivity contribution >= 4 is 17.9 Å². The lowest BCUT2D eigenvalue weighted by Crippen LogP contribution is -2.30. The lowest BCUT2D eigenvalue weighted by Gasteiger charge is -2.18. The van der Waals surface area contributed by atoms with Crippen LogP contribution in [-0.4, -0.2) is 37.2 Å². The Morgan fingerprint density at radius 2 is 0.513 bits per heavy atom. The van der Waals surface area contributed by atoms with Crippen molar-refractivity contribution in [1.29, 1.82) is 0 Å². The van der Waals surface area contributed by atoms with Crippen LogP contribution in [0.3, 0.4) is 0 Å². The highest BCUT2D eigenvalue weighted by molar-refractivity contribution is 5.71. The maximum atomic E-state index is 12.9. The summed E-state index contributed by atoms with van der Waals surface area (Å²) in [5.41, 5.74) is 0. The monoisotopic (exact) mass is 1060 g/mol. The lowest BCUT2D eigenvalue weighted by molar-refractivity contribution is -0.167. The van der Waals surface area contributed by atoms with E-state index in [1.54, 1.807) is 0 Å². The second-order valence-electron chi connectivity index (χ2n) is 22.7. The van der Waals surface area contributed by atoms with Crippen LogP contribution >= 0.6 is 0 Å². The third-order valence-corrected chi connectivity index (χ3v) is 15.1. The second-order valence-corrected chi connectivity index (χ2v) is 22.7. The predicted molar refractivity (Wildman–Crippen MR) is 330 cm³/mol. The number of allylic oxidation sites excluding steroid dienone is 8. The number of hydrogen-bond acceptors (Lipinski definition) is 6. The molecule has 0 rings (SSSR count). The van der Waals surface area contributed by atoms with Crippen molar-refractivity contribution < 1.29 is 28.6 Å². The quantitative estimate of drug-likeness (QED) is 0.0261. The fourth-order valence-electron chi connectivity index (χ4n) is 10.1. The van der Waals surface area contributed by atoms with Gasteiger partial charge in [0, 0.05) is 19.3 Å². The van der Waals surface area contributed by atoms with Gasteiger partial charge in [-0.05, 0) is 57.8 Å². The molecule has 0 aliphatic heterocycles. The average Bonchev–Trinajstić information content (AvgIpc) is 3.42. The van der Waals surface area contributed by atoms with Gasteiger partial charge in [-0.25, -0.2) is 0 Å². The zero-order chi connectivity index (χ0) is 55.0. The Hall–Kier alpha value is -2.63. The predicted octanol–water partition coefficient (Wildman–Crippen LogP) is 22.9. The van der Waals surface area contributed by atoms with E-state index in [2.05, 4.69) is 69.4 Å². The molecule has 76 heavy (non-hydrogen) atoms. The maximum absolute atomic E-state index is 12.9. The van der Waals surface area contributed by atoms with Crippen molar-refractivity contribution in [2.75, 3.05) is 13.2 Å². The minimum absolute atomic E-state index is 0.0713. The van der Waals surface area contributed by atoms with Crippen molar-refractivity contribution in [2.45, 2.75) is 367 Å². The lowest BCUT2D eigenvalue weighted by atomic mass is 10.0.